The van der Waals surface area contributed by atoms with Gasteiger partial charge in [-0.1, -0.05) is 12.1 Å². The van der Waals surface area contributed by atoms with Crippen LogP contribution < -0.4 is 0 Å². The highest BCUT2D eigenvalue weighted by molar-refractivity contribution is 7.79. The van der Waals surface area contributed by atoms with Crippen LogP contribution in [0.3, 0.4) is 0 Å². The summed E-state index contributed by atoms with van der Waals surface area (Å²) in [6, 6.07) is 8.49. The Labute approximate surface area is 77.7 Å². The van der Waals surface area contributed by atoms with Crippen molar-refractivity contribution in [2.45, 2.75) is 4.90 Å². The van der Waals surface area contributed by atoms with Crippen LogP contribution in [0.2, 0.25) is 0 Å². The second-order valence-corrected chi connectivity index (χ2v) is 3.47. The lowest BCUT2D eigenvalue weighted by Crippen LogP contribution is -1.90. The molecule has 0 fully saturated rings. The molecule has 0 spiro atoms. The van der Waals surface area contributed by atoms with Crippen LogP contribution in [0.15, 0.2) is 41.4 Å². The number of hydrogen-bond acceptors (Lipinski definition) is 3. The Hall–Kier alpha value is -1.26. The molecule has 0 aliphatic carbocycles. The fourth-order valence-corrected chi connectivity index (χ4v) is 1.76. The molecule has 0 bridgehead atoms. The summed E-state index contributed by atoms with van der Waals surface area (Å²) in [5.74, 6) is 0. The van der Waals surface area contributed by atoms with Gasteiger partial charge in [-0.25, -0.2) is 0 Å². The van der Waals surface area contributed by atoms with E-state index in [-0.39, 0.29) is 0 Å². The number of pyridine rings is 1. The van der Waals surface area contributed by atoms with E-state index in [1.165, 1.54) is 0 Å². The van der Waals surface area contributed by atoms with Gasteiger partial charge in [-0.3, -0.25) is 9.19 Å². The molecule has 2 rings (SSSR count). The van der Waals surface area contributed by atoms with E-state index in [1.807, 2.05) is 0 Å². The van der Waals surface area contributed by atoms with E-state index < -0.39 is 11.1 Å². The Morgan fingerprint density at radius 3 is 2.85 bits per heavy atom. The Kier molecular flexibility index (Phi) is 2.08. The first-order valence-corrected chi connectivity index (χ1v) is 4.79. The first-order valence-electron chi connectivity index (χ1n) is 3.72. The summed E-state index contributed by atoms with van der Waals surface area (Å²) in [7, 11) is 0. The first-order chi connectivity index (χ1) is 6.29. The maximum atomic E-state index is 10.8. The van der Waals surface area contributed by atoms with Gasteiger partial charge in [0.25, 0.3) is 0 Å². The zero-order chi connectivity index (χ0) is 9.26. The number of hydrogen-bond donors (Lipinski definition) is 0. The monoisotopic (exact) mass is 192 g/mol. The van der Waals surface area contributed by atoms with Gasteiger partial charge >= 0.3 is 0 Å². The largest absolute Gasteiger partial charge is 0.768 e. The number of aromatic nitrogens is 1. The van der Waals surface area contributed by atoms with Gasteiger partial charge in [-0.15, -0.1) is 0 Å². The van der Waals surface area contributed by atoms with Gasteiger partial charge in [-0.2, -0.15) is 0 Å². The van der Waals surface area contributed by atoms with Gasteiger partial charge in [0.1, 0.15) is 0 Å². The standard InChI is InChI=1S/C9H7NO2S/c11-13(12)9-5-1-4-8-7(9)3-2-6-10-8/h1-6H,(H,11,12)/p-1. The van der Waals surface area contributed by atoms with Crippen LogP contribution in [0, 0.1) is 0 Å². The van der Waals surface area contributed by atoms with Gasteiger partial charge in [0.15, 0.2) is 0 Å². The van der Waals surface area contributed by atoms with Crippen molar-refractivity contribution in [2.75, 3.05) is 0 Å². The molecule has 4 heteroatoms. The maximum absolute atomic E-state index is 10.8. The van der Waals surface area contributed by atoms with Crippen LogP contribution in [0.4, 0.5) is 0 Å². The van der Waals surface area contributed by atoms with Gasteiger partial charge in [0.05, 0.1) is 5.52 Å². The normalized spacial score (nSPS) is 13.0. The topological polar surface area (TPSA) is 53.0 Å². The molecule has 0 saturated carbocycles. The average molecular weight is 192 g/mol. The van der Waals surface area contributed by atoms with Crippen molar-refractivity contribution in [1.82, 2.24) is 4.98 Å². The van der Waals surface area contributed by atoms with Crippen molar-refractivity contribution in [3.63, 3.8) is 0 Å². The van der Waals surface area contributed by atoms with E-state index in [4.69, 9.17) is 0 Å². The Balaban J connectivity index is 2.83. The second kappa shape index (κ2) is 3.24. The van der Waals surface area contributed by atoms with Crippen molar-refractivity contribution in [3.8, 4) is 0 Å². The van der Waals surface area contributed by atoms with E-state index in [9.17, 15) is 8.76 Å². The molecule has 1 aromatic heterocycles. The summed E-state index contributed by atoms with van der Waals surface area (Å²) in [5, 5.41) is 0.665. The highest BCUT2D eigenvalue weighted by Crippen LogP contribution is 2.18. The van der Waals surface area contributed by atoms with E-state index in [1.54, 1.807) is 36.5 Å². The van der Waals surface area contributed by atoms with Crippen LogP contribution in [0.5, 0.6) is 0 Å². The molecule has 0 N–H and O–H groups in total. The zero-order valence-electron chi connectivity index (χ0n) is 6.64. The SMILES string of the molecule is O=S([O-])c1cccc2ncccc12. The molecule has 1 unspecified atom stereocenters. The third kappa shape index (κ3) is 1.46. The lowest BCUT2D eigenvalue weighted by Gasteiger charge is -2.07. The highest BCUT2D eigenvalue weighted by Gasteiger charge is 1.99. The van der Waals surface area contributed by atoms with E-state index in [0.29, 0.717) is 15.8 Å². The summed E-state index contributed by atoms with van der Waals surface area (Å²) < 4.78 is 21.6. The number of nitrogens with zero attached hydrogens (tertiary/aromatic N) is 1. The number of rotatable bonds is 1. The second-order valence-electron chi connectivity index (χ2n) is 2.56. The van der Waals surface area contributed by atoms with Gasteiger partial charge < -0.3 is 4.55 Å². The predicted octanol–water partition coefficient (Wildman–Crippen LogP) is 1.47. The number of fused-ring (bicyclic) bond motifs is 1. The van der Waals surface area contributed by atoms with E-state index in [2.05, 4.69) is 4.98 Å². The smallest absolute Gasteiger partial charge is 0.0713 e. The summed E-state index contributed by atoms with van der Waals surface area (Å²) in [4.78, 5) is 4.35. The van der Waals surface area contributed by atoms with Crippen molar-refractivity contribution >= 4 is 22.0 Å². The molecule has 66 valence electrons. The Morgan fingerprint density at radius 1 is 1.23 bits per heavy atom. The molecule has 0 aliphatic rings. The lowest BCUT2D eigenvalue weighted by molar-refractivity contribution is 0.538. The molecule has 0 amide bonds. The minimum absolute atomic E-state index is 0.297. The van der Waals surface area contributed by atoms with Crippen molar-refractivity contribution in [1.29, 1.82) is 0 Å². The van der Waals surface area contributed by atoms with Crippen LogP contribution in [0.1, 0.15) is 0 Å². The van der Waals surface area contributed by atoms with Gasteiger partial charge in [0, 0.05) is 16.5 Å². The Bertz CT molecular complexity index is 465. The number of benzene rings is 1. The van der Waals surface area contributed by atoms with Crippen LogP contribution in [-0.4, -0.2) is 13.7 Å². The fraction of sp³-hybridized carbons (Fsp3) is 0. The van der Waals surface area contributed by atoms with E-state index in [0.717, 1.165) is 0 Å². The third-order valence-corrected chi connectivity index (χ3v) is 2.50. The minimum atomic E-state index is -2.19. The summed E-state index contributed by atoms with van der Waals surface area (Å²) in [6.45, 7) is 0. The average Bonchev–Trinajstić information content (AvgIpc) is 2.17. The van der Waals surface area contributed by atoms with Gasteiger partial charge in [-0.05, 0) is 29.3 Å². The quantitative estimate of drug-likeness (QED) is 0.643. The molecule has 1 heterocycles. The minimum Gasteiger partial charge on any atom is -0.768 e. The van der Waals surface area contributed by atoms with Crippen LogP contribution >= 0.6 is 0 Å². The maximum Gasteiger partial charge on any atom is 0.0713 e. The van der Waals surface area contributed by atoms with Crippen molar-refractivity contribution in [2.24, 2.45) is 0 Å². The Morgan fingerprint density at radius 2 is 2.08 bits per heavy atom. The van der Waals surface area contributed by atoms with E-state index >= 15 is 0 Å². The highest BCUT2D eigenvalue weighted by atomic mass is 32.2. The first kappa shape index (κ1) is 8.34. The molecule has 13 heavy (non-hydrogen) atoms. The molecule has 1 atom stereocenters. The third-order valence-electron chi connectivity index (χ3n) is 1.79. The predicted molar refractivity (Wildman–Crippen MR) is 48.9 cm³/mol. The summed E-state index contributed by atoms with van der Waals surface area (Å²) >= 11 is -2.19. The molecular formula is C9H6NO2S-. The molecule has 0 aliphatic heterocycles. The lowest BCUT2D eigenvalue weighted by atomic mass is 10.2. The van der Waals surface area contributed by atoms with Crippen molar-refractivity contribution in [3.05, 3.63) is 36.5 Å². The zero-order valence-corrected chi connectivity index (χ0v) is 7.45. The summed E-state index contributed by atoms with van der Waals surface area (Å²) in [6.07, 6.45) is 1.64. The van der Waals surface area contributed by atoms with Crippen LogP contribution in [-0.2, 0) is 11.1 Å². The van der Waals surface area contributed by atoms with Crippen LogP contribution in [0.25, 0.3) is 10.9 Å². The molecule has 2 aromatic rings. The van der Waals surface area contributed by atoms with Gasteiger partial charge in [0.2, 0.25) is 0 Å². The molecule has 3 nitrogen and oxygen atoms in total. The molecule has 1 aromatic carbocycles. The van der Waals surface area contributed by atoms with Crippen molar-refractivity contribution < 1.29 is 8.76 Å². The molecule has 0 radical (unpaired) electrons. The fourth-order valence-electron chi connectivity index (χ4n) is 1.22. The molecular weight excluding hydrogens is 186 g/mol. The molecule has 0 saturated heterocycles. The summed E-state index contributed by atoms with van der Waals surface area (Å²) in [5.41, 5.74) is 0.698.